The second kappa shape index (κ2) is 5.37. The predicted molar refractivity (Wildman–Crippen MR) is 73.5 cm³/mol. The fourth-order valence-corrected chi connectivity index (χ4v) is 3.13. The van der Waals surface area contributed by atoms with E-state index in [9.17, 15) is 5.11 Å². The minimum Gasteiger partial charge on any atom is -0.503 e. The third kappa shape index (κ3) is 2.17. The maximum absolute atomic E-state index is 10.0. The number of rotatable bonds is 3. The van der Waals surface area contributed by atoms with Crippen LogP contribution in [0.1, 0.15) is 37.7 Å². The number of phenols is 1. The van der Waals surface area contributed by atoms with Gasteiger partial charge in [0, 0.05) is 17.5 Å². The van der Waals surface area contributed by atoms with Gasteiger partial charge in [0.1, 0.15) is 0 Å². The van der Waals surface area contributed by atoms with Crippen molar-refractivity contribution >= 4 is 11.6 Å². The summed E-state index contributed by atoms with van der Waals surface area (Å²) in [4.78, 5) is 0. The smallest absolute Gasteiger partial charge is 0.177 e. The second-order valence-electron chi connectivity index (χ2n) is 5.02. The summed E-state index contributed by atoms with van der Waals surface area (Å²) in [6.45, 7) is 0.574. The molecule has 0 aromatic heterocycles. The molecule has 3 N–H and O–H groups in total. The van der Waals surface area contributed by atoms with E-state index in [0.29, 0.717) is 17.3 Å². The van der Waals surface area contributed by atoms with Crippen LogP contribution in [-0.2, 0) is 5.41 Å². The summed E-state index contributed by atoms with van der Waals surface area (Å²) >= 11 is 5.93. The number of hydrogen-bond donors (Lipinski definition) is 2. The van der Waals surface area contributed by atoms with Crippen molar-refractivity contribution in [1.29, 1.82) is 0 Å². The number of nitrogens with two attached hydrogens (primary N) is 1. The molecule has 1 saturated carbocycles. The van der Waals surface area contributed by atoms with E-state index >= 15 is 0 Å². The minimum atomic E-state index is -0.0777. The van der Waals surface area contributed by atoms with Crippen LogP contribution < -0.4 is 10.5 Å². The summed E-state index contributed by atoms with van der Waals surface area (Å²) < 4.78 is 5.35. The lowest BCUT2D eigenvalue weighted by molar-refractivity contribution is 0.283. The van der Waals surface area contributed by atoms with Crippen molar-refractivity contribution in [3.63, 3.8) is 0 Å². The van der Waals surface area contributed by atoms with Crippen molar-refractivity contribution in [3.8, 4) is 11.5 Å². The highest BCUT2D eigenvalue weighted by atomic mass is 35.5. The second-order valence-corrected chi connectivity index (χ2v) is 5.43. The molecule has 1 aromatic carbocycles. The van der Waals surface area contributed by atoms with Gasteiger partial charge >= 0.3 is 0 Å². The summed E-state index contributed by atoms with van der Waals surface area (Å²) in [5.41, 5.74) is 6.93. The van der Waals surface area contributed by atoms with E-state index in [0.717, 1.165) is 18.4 Å². The fourth-order valence-electron chi connectivity index (χ4n) is 2.98. The molecule has 0 radical (unpaired) electrons. The highest BCUT2D eigenvalue weighted by Crippen LogP contribution is 2.47. The van der Waals surface area contributed by atoms with E-state index in [-0.39, 0.29) is 11.2 Å². The third-order valence-corrected chi connectivity index (χ3v) is 4.36. The fraction of sp³-hybridized carbons (Fsp3) is 0.571. The summed E-state index contributed by atoms with van der Waals surface area (Å²) in [5.74, 6) is 0.505. The van der Waals surface area contributed by atoms with E-state index in [1.165, 1.54) is 19.3 Å². The number of phenolic OH excluding ortho intramolecular Hbond substituents is 1. The Balaban J connectivity index is 2.51. The number of methoxy groups -OCH3 is 1. The number of hydrogen-bond acceptors (Lipinski definition) is 3. The van der Waals surface area contributed by atoms with Crippen LogP contribution in [0.3, 0.4) is 0 Å². The van der Waals surface area contributed by atoms with Gasteiger partial charge in [-0.05, 0) is 18.9 Å². The van der Waals surface area contributed by atoms with Crippen molar-refractivity contribution < 1.29 is 9.84 Å². The first kappa shape index (κ1) is 13.5. The van der Waals surface area contributed by atoms with Gasteiger partial charge in [-0.15, -0.1) is 0 Å². The van der Waals surface area contributed by atoms with Crippen LogP contribution in [0, 0.1) is 0 Å². The molecule has 0 unspecified atom stereocenters. The minimum absolute atomic E-state index is 0.0232. The molecule has 0 aliphatic heterocycles. The van der Waals surface area contributed by atoms with Crippen LogP contribution in [0.5, 0.6) is 11.5 Å². The Bertz CT molecular complexity index is 428. The SMILES string of the molecule is COc1c(C2(CN)CCCCC2)ccc(Cl)c1O. The van der Waals surface area contributed by atoms with Crippen LogP contribution in [0.15, 0.2) is 12.1 Å². The highest BCUT2D eigenvalue weighted by Gasteiger charge is 2.36. The van der Waals surface area contributed by atoms with Crippen molar-refractivity contribution in [2.45, 2.75) is 37.5 Å². The molecule has 3 nitrogen and oxygen atoms in total. The lowest BCUT2D eigenvalue weighted by atomic mass is 9.69. The predicted octanol–water partition coefficient (Wildman–Crippen LogP) is 3.21. The number of halogens is 1. The average molecular weight is 270 g/mol. The third-order valence-electron chi connectivity index (χ3n) is 4.06. The van der Waals surface area contributed by atoms with Gasteiger partial charge in [-0.25, -0.2) is 0 Å². The number of benzene rings is 1. The highest BCUT2D eigenvalue weighted by molar-refractivity contribution is 6.32. The van der Waals surface area contributed by atoms with E-state index in [4.69, 9.17) is 22.1 Å². The van der Waals surface area contributed by atoms with Gasteiger partial charge in [0.2, 0.25) is 0 Å². The monoisotopic (exact) mass is 269 g/mol. The van der Waals surface area contributed by atoms with Crippen molar-refractivity contribution in [3.05, 3.63) is 22.7 Å². The van der Waals surface area contributed by atoms with Crippen LogP contribution in [-0.4, -0.2) is 18.8 Å². The quantitative estimate of drug-likeness (QED) is 0.886. The topological polar surface area (TPSA) is 55.5 Å². The van der Waals surface area contributed by atoms with E-state index in [1.807, 2.05) is 6.07 Å². The Hall–Kier alpha value is -0.930. The molecule has 100 valence electrons. The van der Waals surface area contributed by atoms with Crippen LogP contribution in [0.2, 0.25) is 5.02 Å². The zero-order chi connectivity index (χ0) is 13.2. The summed E-state index contributed by atoms with van der Waals surface area (Å²) in [7, 11) is 1.56. The Labute approximate surface area is 113 Å². The Morgan fingerprint density at radius 1 is 1.33 bits per heavy atom. The first-order chi connectivity index (χ1) is 8.64. The van der Waals surface area contributed by atoms with Crippen molar-refractivity contribution in [1.82, 2.24) is 0 Å². The van der Waals surface area contributed by atoms with Gasteiger partial charge in [0.25, 0.3) is 0 Å². The molecule has 2 rings (SSSR count). The lowest BCUT2D eigenvalue weighted by Crippen LogP contribution is -2.37. The van der Waals surface area contributed by atoms with Crippen LogP contribution in [0.25, 0.3) is 0 Å². The summed E-state index contributed by atoms with van der Waals surface area (Å²) in [6.07, 6.45) is 5.68. The molecule has 1 aromatic rings. The van der Waals surface area contributed by atoms with Crippen LogP contribution >= 0.6 is 11.6 Å². The maximum Gasteiger partial charge on any atom is 0.177 e. The largest absolute Gasteiger partial charge is 0.503 e. The summed E-state index contributed by atoms with van der Waals surface area (Å²) in [6, 6.07) is 3.67. The van der Waals surface area contributed by atoms with Gasteiger partial charge in [-0.2, -0.15) is 0 Å². The zero-order valence-corrected chi connectivity index (χ0v) is 11.5. The molecule has 0 bridgehead atoms. The maximum atomic E-state index is 10.0. The molecule has 4 heteroatoms. The Morgan fingerprint density at radius 3 is 2.56 bits per heavy atom. The van der Waals surface area contributed by atoms with E-state index < -0.39 is 0 Å². The molecule has 1 fully saturated rings. The molecule has 0 heterocycles. The lowest BCUT2D eigenvalue weighted by Gasteiger charge is -2.37. The number of aromatic hydroxyl groups is 1. The molecule has 0 saturated heterocycles. The van der Waals surface area contributed by atoms with E-state index in [2.05, 4.69) is 0 Å². The molecule has 18 heavy (non-hydrogen) atoms. The van der Waals surface area contributed by atoms with E-state index in [1.54, 1.807) is 13.2 Å². The standard InChI is InChI=1S/C14H20ClNO2/c1-18-13-10(5-6-11(15)12(13)17)14(9-16)7-3-2-4-8-14/h5-6,17H,2-4,7-9,16H2,1H3. The molecular weight excluding hydrogens is 250 g/mol. The Morgan fingerprint density at radius 2 is 2.00 bits per heavy atom. The van der Waals surface area contributed by atoms with Crippen molar-refractivity contribution in [2.24, 2.45) is 5.73 Å². The first-order valence-corrected chi connectivity index (χ1v) is 6.78. The van der Waals surface area contributed by atoms with Gasteiger partial charge in [-0.3, -0.25) is 0 Å². The van der Waals surface area contributed by atoms with Gasteiger partial charge in [0.05, 0.1) is 12.1 Å². The normalized spacial score (nSPS) is 18.6. The van der Waals surface area contributed by atoms with Gasteiger partial charge in [0.15, 0.2) is 11.5 Å². The van der Waals surface area contributed by atoms with Crippen LogP contribution in [0.4, 0.5) is 0 Å². The molecular formula is C14H20ClNO2. The molecule has 0 atom stereocenters. The zero-order valence-electron chi connectivity index (χ0n) is 10.7. The molecule has 0 amide bonds. The number of ether oxygens (including phenoxy) is 1. The first-order valence-electron chi connectivity index (χ1n) is 6.40. The van der Waals surface area contributed by atoms with Gasteiger partial charge in [-0.1, -0.05) is 36.9 Å². The average Bonchev–Trinajstić information content (AvgIpc) is 2.42. The van der Waals surface area contributed by atoms with Crippen molar-refractivity contribution in [2.75, 3.05) is 13.7 Å². The molecule has 0 spiro atoms. The molecule has 1 aliphatic carbocycles. The summed E-state index contributed by atoms with van der Waals surface area (Å²) in [5, 5.41) is 10.3. The molecule has 1 aliphatic rings. The Kier molecular flexibility index (Phi) is 4.03. The van der Waals surface area contributed by atoms with Gasteiger partial charge < -0.3 is 15.6 Å².